The van der Waals surface area contributed by atoms with Crippen molar-refractivity contribution in [3.8, 4) is 78.9 Å². The van der Waals surface area contributed by atoms with E-state index >= 15 is 0 Å². The highest BCUT2D eigenvalue weighted by molar-refractivity contribution is 7.27. The van der Waals surface area contributed by atoms with Crippen molar-refractivity contribution < 1.29 is 0 Å². The van der Waals surface area contributed by atoms with Gasteiger partial charge >= 0.3 is 0 Å². The lowest BCUT2D eigenvalue weighted by Crippen LogP contribution is -1.98. The number of hydrogen-bond acceptors (Lipinski definition) is 8. The first kappa shape index (κ1) is 61.6. The zero-order chi connectivity index (χ0) is 70.9. The van der Waals surface area contributed by atoms with Gasteiger partial charge in [-0.15, -0.1) is 22.7 Å². The summed E-state index contributed by atoms with van der Waals surface area (Å²) in [5.74, 6) is 1.34. The largest absolute Gasteiger partial charge is 0.309 e. The molecule has 0 bridgehead atoms. The number of aromatic nitrogens is 8. The maximum absolute atomic E-state index is 5.32. The molecule has 108 heavy (non-hydrogen) atoms. The highest BCUT2D eigenvalue weighted by Crippen LogP contribution is 2.51. The standard InChI is InChI=1S/C53H32N4S.C45H26N4S/c1-3-14-33(15-4-1)36-30-37(34-16-5-2-6-17-34)32-38(31-36)49-50-44(22-13-29-54-50)55-53(56-49)35-25-27-39(28-26-35)57-45-23-11-9-20-42(45)48-51(57)41-19-8-7-18-40(41)47-43-21-10-12-24-46(43)58-52(47)48;1-2-11-29-26-30(20-19-27(29)10-1)41-42-36(16-9-25-46-42)47-45(48-41)28-21-23-31(24-22-28)49-37-17-7-5-14-34(37)40-43(49)33-13-4-3-12-32(33)39-35-15-6-8-18-38(35)50-44(39)40/h1-32H;1-26H. The highest BCUT2D eigenvalue weighted by Gasteiger charge is 2.25. The van der Waals surface area contributed by atoms with Gasteiger partial charge in [0.1, 0.15) is 22.4 Å². The van der Waals surface area contributed by atoms with Crippen molar-refractivity contribution in [1.29, 1.82) is 0 Å². The third kappa shape index (κ3) is 9.88. The smallest absolute Gasteiger partial charge is 0.160 e. The van der Waals surface area contributed by atoms with Gasteiger partial charge in [0.05, 0.1) is 33.1 Å². The summed E-state index contributed by atoms with van der Waals surface area (Å²) < 4.78 is 10.2. The molecule has 0 unspecified atom stereocenters. The predicted octanol–water partition coefficient (Wildman–Crippen LogP) is 26.4. The summed E-state index contributed by atoms with van der Waals surface area (Å²) in [6.45, 7) is 0. The van der Waals surface area contributed by atoms with Gasteiger partial charge in [0, 0.05) is 119 Å². The fraction of sp³-hybridized carbons (Fsp3) is 0. The van der Waals surface area contributed by atoms with Crippen molar-refractivity contribution in [1.82, 2.24) is 39.0 Å². The van der Waals surface area contributed by atoms with E-state index in [0.29, 0.717) is 11.6 Å². The molecule has 0 fully saturated rings. The van der Waals surface area contributed by atoms with Crippen LogP contribution in [0.2, 0.25) is 0 Å². The maximum atomic E-state index is 5.32. The Bertz CT molecular complexity index is 7550. The Morgan fingerprint density at radius 1 is 0.241 bits per heavy atom. The van der Waals surface area contributed by atoms with Crippen molar-refractivity contribution in [3.63, 3.8) is 0 Å². The first-order valence-corrected chi connectivity index (χ1v) is 37.9. The summed E-state index contributed by atoms with van der Waals surface area (Å²) in [5.41, 5.74) is 20.3. The lowest BCUT2D eigenvalue weighted by atomic mass is 9.94. The molecule has 0 saturated heterocycles. The van der Waals surface area contributed by atoms with Crippen LogP contribution in [0.3, 0.4) is 0 Å². The van der Waals surface area contributed by atoms with Gasteiger partial charge in [-0.1, -0.05) is 218 Å². The summed E-state index contributed by atoms with van der Waals surface area (Å²) in [6, 6.07) is 121. The molecule has 0 aliphatic heterocycles. The number of rotatable bonds is 8. The Labute approximate surface area is 626 Å². The molecule has 502 valence electrons. The quantitative estimate of drug-likeness (QED) is 0.151. The van der Waals surface area contributed by atoms with Crippen LogP contribution in [0.5, 0.6) is 0 Å². The Kier molecular flexibility index (Phi) is 14.2. The van der Waals surface area contributed by atoms with Crippen molar-refractivity contribution in [2.75, 3.05) is 0 Å². The first-order valence-electron chi connectivity index (χ1n) is 36.3. The van der Waals surface area contributed by atoms with E-state index in [1.54, 1.807) is 0 Å². The molecule has 10 heteroatoms. The van der Waals surface area contributed by atoms with Crippen LogP contribution in [0.4, 0.5) is 0 Å². The van der Waals surface area contributed by atoms with Gasteiger partial charge < -0.3 is 9.13 Å². The summed E-state index contributed by atoms with van der Waals surface area (Å²) >= 11 is 3.79. The lowest BCUT2D eigenvalue weighted by Gasteiger charge is -2.14. The van der Waals surface area contributed by atoms with Gasteiger partial charge in [0.25, 0.3) is 0 Å². The van der Waals surface area contributed by atoms with Crippen molar-refractivity contribution in [3.05, 3.63) is 352 Å². The normalized spacial score (nSPS) is 11.9. The highest BCUT2D eigenvalue weighted by atomic mass is 32.1. The average molecular weight is 1410 g/mol. The fourth-order valence-electron chi connectivity index (χ4n) is 16.6. The zero-order valence-corrected chi connectivity index (χ0v) is 59.5. The Morgan fingerprint density at radius 2 is 0.630 bits per heavy atom. The fourth-order valence-corrected chi connectivity index (χ4v) is 19.1. The molecule has 0 spiro atoms. The molecule has 0 aliphatic rings. The summed E-state index contributed by atoms with van der Waals surface area (Å²) in [5, 5.41) is 17.9. The molecule has 23 aromatic rings. The number of fused-ring (bicyclic) bond motifs is 23. The van der Waals surface area contributed by atoms with Crippen LogP contribution in [0, 0.1) is 0 Å². The molecule has 0 atom stereocenters. The molecule has 15 aromatic carbocycles. The number of pyridine rings is 2. The number of para-hydroxylation sites is 2. The summed E-state index contributed by atoms with van der Waals surface area (Å²) in [6.07, 6.45) is 3.64. The number of thiophene rings is 2. The van der Waals surface area contributed by atoms with Crippen molar-refractivity contribution in [2.24, 2.45) is 0 Å². The molecule has 0 N–H and O–H groups in total. The van der Waals surface area contributed by atoms with Crippen LogP contribution in [-0.2, 0) is 0 Å². The van der Waals surface area contributed by atoms with Crippen molar-refractivity contribution >= 4 is 161 Å². The van der Waals surface area contributed by atoms with E-state index < -0.39 is 0 Å². The number of nitrogens with zero attached hydrogens (tertiary/aromatic N) is 8. The second-order valence-electron chi connectivity index (χ2n) is 27.6. The molecule has 0 aliphatic carbocycles. The van der Waals surface area contributed by atoms with Gasteiger partial charge in [-0.25, -0.2) is 19.9 Å². The minimum Gasteiger partial charge on any atom is -0.309 e. The van der Waals surface area contributed by atoms with Gasteiger partial charge in [0.15, 0.2) is 11.6 Å². The van der Waals surface area contributed by atoms with E-state index in [1.807, 2.05) is 59.3 Å². The van der Waals surface area contributed by atoms with Crippen LogP contribution < -0.4 is 0 Å². The summed E-state index contributed by atoms with van der Waals surface area (Å²) in [4.78, 5) is 30.1. The molecular formula is C98H58N8S2. The van der Waals surface area contributed by atoms with E-state index in [-0.39, 0.29) is 0 Å². The molecule has 0 radical (unpaired) electrons. The van der Waals surface area contributed by atoms with E-state index in [9.17, 15) is 0 Å². The number of benzene rings is 15. The Morgan fingerprint density at radius 3 is 1.12 bits per heavy atom. The second-order valence-corrected chi connectivity index (χ2v) is 29.7. The van der Waals surface area contributed by atoms with E-state index in [2.05, 4.69) is 325 Å². The minimum atomic E-state index is 0.660. The molecular weight excluding hydrogens is 1350 g/mol. The Balaban J connectivity index is 0.000000135. The third-order valence-electron chi connectivity index (χ3n) is 21.4. The van der Waals surface area contributed by atoms with E-state index in [1.165, 1.54) is 116 Å². The lowest BCUT2D eigenvalue weighted by molar-refractivity contribution is 1.18. The summed E-state index contributed by atoms with van der Waals surface area (Å²) in [7, 11) is 0. The van der Waals surface area contributed by atoms with Gasteiger partial charge in [-0.05, 0) is 165 Å². The first-order chi connectivity index (χ1) is 53.6. The van der Waals surface area contributed by atoms with Crippen LogP contribution >= 0.6 is 22.7 Å². The SMILES string of the molecule is c1ccc(-c2cc(-c3ccccc3)cc(-c3nc(-c4ccc(-n5c6ccccc6c6c7sc8ccccc8c7c7ccccc7c65)cc4)nc4cccnc34)c2)cc1.c1ccc2cc(-c3nc(-c4ccc(-n5c6ccccc6c6c7sc8ccccc8c7c7ccccc7c65)cc4)nc4cccnc34)ccc2c1. The molecule has 8 aromatic heterocycles. The number of hydrogen-bond donors (Lipinski definition) is 0. The molecule has 8 nitrogen and oxygen atoms in total. The van der Waals surface area contributed by atoms with Gasteiger partial charge in [0.2, 0.25) is 0 Å². The Hall–Kier alpha value is -13.9. The van der Waals surface area contributed by atoms with Crippen LogP contribution in [-0.4, -0.2) is 39.0 Å². The molecule has 0 amide bonds. The molecule has 23 rings (SSSR count). The predicted molar refractivity (Wildman–Crippen MR) is 454 cm³/mol. The minimum absolute atomic E-state index is 0.660. The molecule has 8 heterocycles. The van der Waals surface area contributed by atoms with Crippen LogP contribution in [0.25, 0.3) is 217 Å². The van der Waals surface area contributed by atoms with Crippen LogP contribution in [0.15, 0.2) is 352 Å². The maximum Gasteiger partial charge on any atom is 0.160 e. The van der Waals surface area contributed by atoms with Crippen LogP contribution in [0.1, 0.15) is 0 Å². The zero-order valence-electron chi connectivity index (χ0n) is 57.9. The van der Waals surface area contributed by atoms with Gasteiger partial charge in [-0.2, -0.15) is 0 Å². The van der Waals surface area contributed by atoms with Gasteiger partial charge in [-0.3, -0.25) is 9.97 Å². The third-order valence-corrected chi connectivity index (χ3v) is 23.8. The van der Waals surface area contributed by atoms with E-state index in [0.717, 1.165) is 89.3 Å². The second kappa shape index (κ2) is 24.9. The average Bonchev–Trinajstić information content (AvgIpc) is 1.54. The molecule has 0 saturated carbocycles. The topological polar surface area (TPSA) is 87.2 Å². The van der Waals surface area contributed by atoms with Crippen molar-refractivity contribution in [2.45, 2.75) is 0 Å². The van der Waals surface area contributed by atoms with E-state index in [4.69, 9.17) is 29.9 Å². The monoisotopic (exact) mass is 1410 g/mol.